The molecule has 2 aliphatic rings. The monoisotopic (exact) mass is 372 g/mol. The summed E-state index contributed by atoms with van der Waals surface area (Å²) in [5, 5.41) is 8.47. The number of hydrogen-bond donors (Lipinski definition) is 3. The molecule has 0 aromatic carbocycles. The summed E-state index contributed by atoms with van der Waals surface area (Å²) in [6.07, 6.45) is 4.77. The van der Waals surface area contributed by atoms with Gasteiger partial charge >= 0.3 is 6.03 Å². The van der Waals surface area contributed by atoms with Gasteiger partial charge in [-0.25, -0.2) is 9.78 Å². The van der Waals surface area contributed by atoms with Gasteiger partial charge in [0.05, 0.1) is 6.54 Å². The molecule has 1 fully saturated rings. The lowest BCUT2D eigenvalue weighted by Crippen LogP contribution is -2.52. The number of rotatable bonds is 2. The van der Waals surface area contributed by atoms with Gasteiger partial charge in [0.1, 0.15) is 5.65 Å². The summed E-state index contributed by atoms with van der Waals surface area (Å²) >= 11 is 1.61. The number of hydrogen-bond acceptors (Lipinski definition) is 5. The second-order valence-corrected chi connectivity index (χ2v) is 8.07. The molecular weight excluding hydrogens is 348 g/mol. The minimum Gasteiger partial charge on any atom is -0.379 e. The highest BCUT2D eigenvalue weighted by molar-refractivity contribution is 8.14. The Morgan fingerprint density at radius 2 is 2.35 bits per heavy atom. The molecule has 2 aromatic heterocycles. The highest BCUT2D eigenvalue weighted by Gasteiger charge is 2.30. The summed E-state index contributed by atoms with van der Waals surface area (Å²) in [6.45, 7) is 6.55. The van der Waals surface area contributed by atoms with Crippen molar-refractivity contribution in [3.8, 4) is 0 Å². The molecule has 2 aliphatic heterocycles. The molecule has 4 heterocycles. The van der Waals surface area contributed by atoms with Crippen LogP contribution >= 0.6 is 11.8 Å². The first kappa shape index (κ1) is 17.2. The van der Waals surface area contributed by atoms with Crippen LogP contribution in [-0.2, 0) is 0 Å². The zero-order chi connectivity index (χ0) is 18.1. The molecule has 2 atom stereocenters. The van der Waals surface area contributed by atoms with E-state index in [2.05, 4.69) is 39.4 Å². The van der Waals surface area contributed by atoms with Crippen LogP contribution < -0.4 is 10.6 Å². The molecule has 8 heteroatoms. The summed E-state index contributed by atoms with van der Waals surface area (Å²) in [5.74, 6) is 1.43. The van der Waals surface area contributed by atoms with Crippen molar-refractivity contribution >= 4 is 39.7 Å². The number of urea groups is 1. The normalized spacial score (nSPS) is 23.2. The Bertz CT molecular complexity index is 847. The molecule has 2 amide bonds. The van der Waals surface area contributed by atoms with E-state index in [1.807, 2.05) is 23.4 Å². The molecule has 0 aliphatic carbocycles. The van der Waals surface area contributed by atoms with E-state index in [0.717, 1.165) is 52.7 Å². The minimum atomic E-state index is -0.0462. The number of anilines is 1. The van der Waals surface area contributed by atoms with Crippen molar-refractivity contribution in [1.82, 2.24) is 20.2 Å². The highest BCUT2D eigenvalue weighted by atomic mass is 32.2. The molecule has 0 saturated carbocycles. The molecule has 2 aromatic rings. The third kappa shape index (κ3) is 3.38. The zero-order valence-electron chi connectivity index (χ0n) is 15.1. The van der Waals surface area contributed by atoms with Gasteiger partial charge in [-0.2, -0.15) is 0 Å². The van der Waals surface area contributed by atoms with Crippen LogP contribution in [0.25, 0.3) is 11.0 Å². The lowest BCUT2D eigenvalue weighted by molar-refractivity contribution is 0.171. The van der Waals surface area contributed by atoms with Crippen molar-refractivity contribution < 1.29 is 4.79 Å². The van der Waals surface area contributed by atoms with Crippen LogP contribution in [0.3, 0.4) is 0 Å². The molecule has 3 N–H and O–H groups in total. The fourth-order valence-corrected chi connectivity index (χ4v) is 4.23. The van der Waals surface area contributed by atoms with Gasteiger partial charge in [0.2, 0.25) is 0 Å². The number of carbonyl (C=O) groups excluding carboxylic acids is 1. The lowest BCUT2D eigenvalue weighted by atomic mass is 9.93. The number of amides is 2. The number of aromatic nitrogens is 2. The highest BCUT2D eigenvalue weighted by Crippen LogP contribution is 2.28. The number of aryl methyl sites for hydroxylation is 1. The predicted molar refractivity (Wildman–Crippen MR) is 107 cm³/mol. The summed E-state index contributed by atoms with van der Waals surface area (Å²) in [6, 6.07) is 2.20. The number of H-pyrrole nitrogens is 1. The molecule has 4 rings (SSSR count). The maximum Gasteiger partial charge on any atom is 0.323 e. The molecule has 0 radical (unpaired) electrons. The second kappa shape index (κ2) is 7.19. The van der Waals surface area contributed by atoms with E-state index in [4.69, 9.17) is 0 Å². The van der Waals surface area contributed by atoms with E-state index in [1.165, 1.54) is 0 Å². The van der Waals surface area contributed by atoms with E-state index in [0.29, 0.717) is 12.5 Å². The van der Waals surface area contributed by atoms with Crippen LogP contribution in [0.5, 0.6) is 0 Å². The average molecular weight is 372 g/mol. The van der Waals surface area contributed by atoms with Crippen LogP contribution in [-0.4, -0.2) is 57.5 Å². The molecule has 26 heavy (non-hydrogen) atoms. The molecule has 0 bridgehead atoms. The van der Waals surface area contributed by atoms with Gasteiger partial charge in [-0.15, -0.1) is 0 Å². The summed E-state index contributed by atoms with van der Waals surface area (Å²) in [4.78, 5) is 26.4. The second-order valence-electron chi connectivity index (χ2n) is 6.98. The number of amidine groups is 1. The third-order valence-electron chi connectivity index (χ3n) is 5.15. The molecular formula is C18H24N6OS. The molecule has 0 spiro atoms. The largest absolute Gasteiger partial charge is 0.379 e. The van der Waals surface area contributed by atoms with Gasteiger partial charge in [0, 0.05) is 48.4 Å². The van der Waals surface area contributed by atoms with Crippen molar-refractivity contribution in [3.63, 3.8) is 0 Å². The minimum absolute atomic E-state index is 0.0462. The topological polar surface area (TPSA) is 85.4 Å². The van der Waals surface area contributed by atoms with Gasteiger partial charge < -0.3 is 15.2 Å². The first-order chi connectivity index (χ1) is 12.6. The van der Waals surface area contributed by atoms with E-state index in [9.17, 15) is 4.79 Å². The van der Waals surface area contributed by atoms with Crippen LogP contribution in [0.2, 0.25) is 0 Å². The zero-order valence-corrected chi connectivity index (χ0v) is 15.9. The fourth-order valence-electron chi connectivity index (χ4n) is 3.51. The maximum absolute atomic E-state index is 12.6. The number of carbonyl (C=O) groups is 1. The standard InChI is InChI=1S/C18H24N6OS/c1-11-4-7-24(18(25)23-17-20-6-8-26-17)10-14(11)22-15-12(2)9-21-16-13(15)3-5-19-16/h3,5,9,11,14H,4,6-8,10H2,1-2H3,(H2,19,21,22)(H,20,23,25)/t11-,14+/m1/s1. The van der Waals surface area contributed by atoms with Crippen molar-refractivity contribution in [3.05, 3.63) is 24.0 Å². The molecule has 1 saturated heterocycles. The Morgan fingerprint density at radius 1 is 1.46 bits per heavy atom. The molecule has 7 nitrogen and oxygen atoms in total. The fraction of sp³-hybridized carbons (Fsp3) is 0.500. The van der Waals surface area contributed by atoms with Crippen molar-refractivity contribution in [2.45, 2.75) is 26.3 Å². The first-order valence-corrected chi connectivity index (χ1v) is 10.0. The summed E-state index contributed by atoms with van der Waals surface area (Å²) in [7, 11) is 0. The number of nitrogens with zero attached hydrogens (tertiary/aromatic N) is 3. The summed E-state index contributed by atoms with van der Waals surface area (Å²) in [5.41, 5.74) is 3.10. The van der Waals surface area contributed by atoms with E-state index in [-0.39, 0.29) is 12.1 Å². The van der Waals surface area contributed by atoms with Crippen molar-refractivity contribution in [1.29, 1.82) is 0 Å². The summed E-state index contributed by atoms with van der Waals surface area (Å²) < 4.78 is 0. The Morgan fingerprint density at radius 3 is 3.15 bits per heavy atom. The van der Waals surface area contributed by atoms with Gasteiger partial charge in [-0.3, -0.25) is 10.3 Å². The number of piperidine rings is 1. The first-order valence-electron chi connectivity index (χ1n) is 9.04. The number of fused-ring (bicyclic) bond motifs is 1. The van der Waals surface area contributed by atoms with E-state index >= 15 is 0 Å². The Labute approximate surface area is 157 Å². The SMILES string of the molecule is Cc1cnc2[nH]ccc2c1N[C@H]1CN(C(=O)NC2=NCCS2)CC[C@H]1C. The number of nitrogens with one attached hydrogen (secondary N) is 3. The van der Waals surface area contributed by atoms with Crippen molar-refractivity contribution in [2.75, 3.05) is 30.7 Å². The van der Waals surface area contributed by atoms with Gasteiger partial charge in [0.15, 0.2) is 5.17 Å². The van der Waals surface area contributed by atoms with Crippen LogP contribution in [0.15, 0.2) is 23.5 Å². The van der Waals surface area contributed by atoms with Crippen LogP contribution in [0.4, 0.5) is 10.5 Å². The smallest absolute Gasteiger partial charge is 0.323 e. The maximum atomic E-state index is 12.6. The molecule has 0 unspecified atom stereocenters. The lowest BCUT2D eigenvalue weighted by Gasteiger charge is -2.38. The predicted octanol–water partition coefficient (Wildman–Crippen LogP) is 2.81. The number of thioether (sulfide) groups is 1. The Hall–Kier alpha value is -2.22. The third-order valence-corrected chi connectivity index (χ3v) is 6.04. The van der Waals surface area contributed by atoms with Crippen LogP contribution in [0, 0.1) is 12.8 Å². The Kier molecular flexibility index (Phi) is 4.76. The number of likely N-dealkylation sites (tertiary alicyclic amines) is 1. The van der Waals surface area contributed by atoms with Gasteiger partial charge in [-0.05, 0) is 30.9 Å². The molecule has 138 valence electrons. The quantitative estimate of drug-likeness (QED) is 0.757. The Balaban J connectivity index is 1.49. The van der Waals surface area contributed by atoms with Gasteiger partial charge in [0.25, 0.3) is 0 Å². The van der Waals surface area contributed by atoms with Crippen molar-refractivity contribution in [2.24, 2.45) is 10.9 Å². The average Bonchev–Trinajstić information content (AvgIpc) is 3.30. The van der Waals surface area contributed by atoms with Crippen LogP contribution in [0.1, 0.15) is 18.9 Å². The van der Waals surface area contributed by atoms with E-state index < -0.39 is 0 Å². The van der Waals surface area contributed by atoms with E-state index in [1.54, 1.807) is 11.8 Å². The number of aromatic amines is 1. The number of aliphatic imine (C=N–C) groups is 1. The van der Waals surface area contributed by atoms with Gasteiger partial charge in [-0.1, -0.05) is 18.7 Å². The number of pyridine rings is 1.